The third kappa shape index (κ3) is 4.35. The van der Waals surface area contributed by atoms with Gasteiger partial charge in [-0.2, -0.15) is 0 Å². The fraction of sp³-hybridized carbons (Fsp3) is 0.375. The predicted octanol–water partition coefficient (Wildman–Crippen LogP) is 1.93. The van der Waals surface area contributed by atoms with Gasteiger partial charge in [0.15, 0.2) is 4.77 Å². The fourth-order valence-corrected chi connectivity index (χ4v) is 2.73. The maximum absolute atomic E-state index is 12.4. The molecule has 0 aliphatic heterocycles. The van der Waals surface area contributed by atoms with Gasteiger partial charge in [0.2, 0.25) is 5.91 Å². The van der Waals surface area contributed by atoms with Crippen LogP contribution in [0.1, 0.15) is 26.7 Å². The van der Waals surface area contributed by atoms with Gasteiger partial charge in [0.05, 0.1) is 10.9 Å². The zero-order chi connectivity index (χ0) is 17.0. The first-order valence-corrected chi connectivity index (χ1v) is 7.80. The van der Waals surface area contributed by atoms with Crippen molar-refractivity contribution in [3.05, 3.63) is 39.4 Å². The summed E-state index contributed by atoms with van der Waals surface area (Å²) >= 11 is 5.19. The van der Waals surface area contributed by atoms with Crippen LogP contribution in [0.25, 0.3) is 10.9 Å². The number of amides is 1. The van der Waals surface area contributed by atoms with Crippen molar-refractivity contribution in [3.63, 3.8) is 0 Å². The first-order chi connectivity index (χ1) is 10.9. The molecule has 0 bridgehead atoms. The van der Waals surface area contributed by atoms with Crippen molar-refractivity contribution in [1.82, 2.24) is 14.9 Å². The van der Waals surface area contributed by atoms with Gasteiger partial charge in [-0.1, -0.05) is 12.1 Å². The van der Waals surface area contributed by atoms with E-state index >= 15 is 0 Å². The lowest BCUT2D eigenvalue weighted by Crippen LogP contribution is -2.35. The minimum atomic E-state index is -0.220. The number of aromatic nitrogens is 2. The molecule has 0 fully saturated rings. The Bertz CT molecular complexity index is 854. The van der Waals surface area contributed by atoms with Crippen LogP contribution in [0.4, 0.5) is 0 Å². The van der Waals surface area contributed by atoms with Crippen LogP contribution in [0.5, 0.6) is 0 Å². The number of H-pyrrole nitrogens is 1. The Kier molecular flexibility index (Phi) is 5.44. The number of Topliss-reactive ketones (excluding diaryl/α,β-unsaturated/α-hetero) is 1. The molecule has 0 saturated heterocycles. The molecule has 2 N–H and O–H groups in total. The predicted molar refractivity (Wildman–Crippen MR) is 90.9 cm³/mol. The minimum Gasteiger partial charge on any atom is -0.353 e. The molecule has 6 nitrogen and oxygen atoms in total. The van der Waals surface area contributed by atoms with Crippen LogP contribution < -0.4 is 10.9 Å². The highest BCUT2D eigenvalue weighted by molar-refractivity contribution is 7.71. The van der Waals surface area contributed by atoms with E-state index < -0.39 is 0 Å². The number of ketones is 1. The molecule has 1 heterocycles. The molecule has 2 rings (SSSR count). The van der Waals surface area contributed by atoms with Crippen LogP contribution in [0.2, 0.25) is 0 Å². The van der Waals surface area contributed by atoms with E-state index in [0.29, 0.717) is 22.1 Å². The summed E-state index contributed by atoms with van der Waals surface area (Å²) in [5.41, 5.74) is 0.465. The van der Waals surface area contributed by atoms with E-state index in [1.54, 1.807) is 25.1 Å². The highest BCUT2D eigenvalue weighted by Crippen LogP contribution is 2.06. The molecule has 0 radical (unpaired) electrons. The standard InChI is InChI=1S/C16H19N3O3S/c1-10(9-11(2)20)17-14(21)7-8-19-15(22)12-5-3-4-6-13(12)18-16(19)23/h3-6,10H,7-9H2,1-2H3,(H,17,21)(H,18,23). The van der Waals surface area contributed by atoms with E-state index in [2.05, 4.69) is 10.3 Å². The Hall–Kier alpha value is -2.28. The number of benzene rings is 1. The van der Waals surface area contributed by atoms with Crippen LogP contribution in [-0.4, -0.2) is 27.3 Å². The number of hydrogen-bond donors (Lipinski definition) is 2. The van der Waals surface area contributed by atoms with Gasteiger partial charge in [-0.15, -0.1) is 0 Å². The van der Waals surface area contributed by atoms with Crippen LogP contribution in [-0.2, 0) is 16.1 Å². The Morgan fingerprint density at radius 3 is 2.74 bits per heavy atom. The van der Waals surface area contributed by atoms with Gasteiger partial charge in [-0.05, 0) is 38.2 Å². The van der Waals surface area contributed by atoms with Crippen molar-refractivity contribution in [2.45, 2.75) is 39.3 Å². The molecule has 23 heavy (non-hydrogen) atoms. The molecule has 1 aromatic heterocycles. The summed E-state index contributed by atoms with van der Waals surface area (Å²) in [5, 5.41) is 3.27. The maximum atomic E-state index is 12.4. The smallest absolute Gasteiger partial charge is 0.262 e. The first kappa shape index (κ1) is 17.1. The summed E-state index contributed by atoms with van der Waals surface area (Å²) in [6.07, 6.45) is 0.416. The average Bonchev–Trinajstić information content (AvgIpc) is 2.46. The molecule has 0 saturated carbocycles. The lowest BCUT2D eigenvalue weighted by atomic mass is 10.2. The number of carbonyl (C=O) groups is 2. The van der Waals surface area contributed by atoms with Gasteiger partial charge < -0.3 is 10.3 Å². The van der Waals surface area contributed by atoms with Gasteiger partial charge in [0.25, 0.3) is 5.56 Å². The third-order valence-electron chi connectivity index (χ3n) is 3.45. The number of rotatable bonds is 6. The van der Waals surface area contributed by atoms with Crippen molar-refractivity contribution < 1.29 is 9.59 Å². The molecule has 0 aliphatic carbocycles. The number of fused-ring (bicyclic) bond motifs is 1. The van der Waals surface area contributed by atoms with Crippen molar-refractivity contribution in [1.29, 1.82) is 0 Å². The zero-order valence-electron chi connectivity index (χ0n) is 13.1. The molecule has 2 aromatic rings. The lowest BCUT2D eigenvalue weighted by molar-refractivity contribution is -0.122. The Morgan fingerprint density at radius 2 is 2.04 bits per heavy atom. The maximum Gasteiger partial charge on any atom is 0.262 e. The largest absolute Gasteiger partial charge is 0.353 e. The van der Waals surface area contributed by atoms with Crippen molar-refractivity contribution >= 4 is 34.8 Å². The summed E-state index contributed by atoms with van der Waals surface area (Å²) in [6.45, 7) is 3.45. The number of hydrogen-bond acceptors (Lipinski definition) is 4. The summed E-state index contributed by atoms with van der Waals surface area (Å²) in [5.74, 6) is -0.195. The second-order valence-corrected chi connectivity index (χ2v) is 5.94. The van der Waals surface area contributed by atoms with Gasteiger partial charge in [0.1, 0.15) is 5.78 Å². The summed E-state index contributed by atoms with van der Waals surface area (Å²) in [6, 6.07) is 6.88. The van der Waals surface area contributed by atoms with E-state index in [1.165, 1.54) is 11.5 Å². The van der Waals surface area contributed by atoms with Crippen molar-refractivity contribution in [3.8, 4) is 0 Å². The average molecular weight is 333 g/mol. The molecule has 1 amide bonds. The van der Waals surface area contributed by atoms with Crippen molar-refractivity contribution in [2.75, 3.05) is 0 Å². The Labute approximate surface area is 138 Å². The normalized spacial score (nSPS) is 12.1. The Morgan fingerprint density at radius 1 is 1.35 bits per heavy atom. The second kappa shape index (κ2) is 7.32. The van der Waals surface area contributed by atoms with E-state index in [1.807, 2.05) is 6.07 Å². The summed E-state index contributed by atoms with van der Waals surface area (Å²) in [4.78, 5) is 38.3. The molecule has 122 valence electrons. The van der Waals surface area contributed by atoms with Gasteiger partial charge in [-0.25, -0.2) is 0 Å². The second-order valence-electron chi connectivity index (χ2n) is 5.56. The number of carbonyl (C=O) groups excluding carboxylic acids is 2. The van der Waals surface area contributed by atoms with Crippen LogP contribution in [0, 0.1) is 4.77 Å². The van der Waals surface area contributed by atoms with Crippen LogP contribution >= 0.6 is 12.2 Å². The molecule has 1 unspecified atom stereocenters. The molecule has 1 atom stereocenters. The summed E-state index contributed by atoms with van der Waals surface area (Å²) < 4.78 is 1.67. The highest BCUT2D eigenvalue weighted by Gasteiger charge is 2.11. The number of nitrogens with zero attached hydrogens (tertiary/aromatic N) is 1. The number of aromatic amines is 1. The van der Waals surface area contributed by atoms with Crippen molar-refractivity contribution in [2.24, 2.45) is 0 Å². The highest BCUT2D eigenvalue weighted by atomic mass is 32.1. The minimum absolute atomic E-state index is 0.0194. The number of nitrogens with one attached hydrogen (secondary N) is 2. The lowest BCUT2D eigenvalue weighted by Gasteiger charge is -2.13. The molecular formula is C16H19N3O3S. The molecular weight excluding hydrogens is 314 g/mol. The quantitative estimate of drug-likeness (QED) is 0.791. The molecule has 0 spiro atoms. The first-order valence-electron chi connectivity index (χ1n) is 7.39. The van der Waals surface area contributed by atoms with Crippen LogP contribution in [0.15, 0.2) is 29.1 Å². The van der Waals surface area contributed by atoms with E-state index in [-0.39, 0.29) is 36.3 Å². The molecule has 1 aromatic carbocycles. The summed E-state index contributed by atoms with van der Waals surface area (Å²) in [7, 11) is 0. The third-order valence-corrected chi connectivity index (χ3v) is 3.78. The SMILES string of the molecule is CC(=O)CC(C)NC(=O)CCn1c(=S)[nH]c2ccccc2c1=O. The van der Waals surface area contributed by atoms with Gasteiger partial charge in [-0.3, -0.25) is 19.0 Å². The van der Waals surface area contributed by atoms with Gasteiger partial charge in [0, 0.05) is 25.4 Å². The van der Waals surface area contributed by atoms with E-state index in [0.717, 1.165) is 0 Å². The number of para-hydroxylation sites is 1. The van der Waals surface area contributed by atoms with E-state index in [4.69, 9.17) is 12.2 Å². The molecule has 7 heteroatoms. The topological polar surface area (TPSA) is 84.0 Å². The zero-order valence-corrected chi connectivity index (χ0v) is 13.9. The van der Waals surface area contributed by atoms with E-state index in [9.17, 15) is 14.4 Å². The monoisotopic (exact) mass is 333 g/mol. The molecule has 0 aliphatic rings. The van der Waals surface area contributed by atoms with Crippen LogP contribution in [0.3, 0.4) is 0 Å². The Balaban J connectivity index is 2.11. The fourth-order valence-electron chi connectivity index (χ4n) is 2.44. The van der Waals surface area contributed by atoms with Gasteiger partial charge >= 0.3 is 0 Å².